The Bertz CT molecular complexity index is 1250. The van der Waals surface area contributed by atoms with E-state index in [1.807, 2.05) is 0 Å². The molecule has 1 atom stereocenters. The number of hydrogen-bond donors (Lipinski definition) is 2. The number of anilines is 1. The Balaban J connectivity index is 1.61. The molecule has 3 aromatic rings. The van der Waals surface area contributed by atoms with E-state index in [9.17, 15) is 24.8 Å². The van der Waals surface area contributed by atoms with Crippen LogP contribution in [0.1, 0.15) is 25.7 Å². The molecule has 0 saturated carbocycles. The van der Waals surface area contributed by atoms with Crippen LogP contribution in [0.5, 0.6) is 5.75 Å². The molecule has 2 N–H and O–H groups in total. The van der Waals surface area contributed by atoms with Gasteiger partial charge in [-0.15, -0.1) is 0 Å². The standard InChI is InChI=1S/C21H26N6O6/c1-24-18-17(19(29)23-21(24)30)26(20(22-18)25-10-4-2-3-5-11-25)12-15(28)13-33-16-8-6-14(7-9-16)27(31)32/h6-9,15,28H,2-5,10-13H2,1H3,(H,23,29,30)/t15-/m0/s1. The summed E-state index contributed by atoms with van der Waals surface area (Å²) < 4.78 is 8.51. The maximum Gasteiger partial charge on any atom is 0.329 e. The maximum absolute atomic E-state index is 12.7. The Morgan fingerprint density at radius 1 is 1.18 bits per heavy atom. The van der Waals surface area contributed by atoms with Crippen molar-refractivity contribution in [1.82, 2.24) is 19.1 Å². The molecular weight excluding hydrogens is 432 g/mol. The number of rotatable bonds is 7. The van der Waals surface area contributed by atoms with E-state index in [-0.39, 0.29) is 30.0 Å². The van der Waals surface area contributed by atoms with E-state index >= 15 is 0 Å². The van der Waals surface area contributed by atoms with Crippen molar-refractivity contribution in [2.75, 3.05) is 24.6 Å². The highest BCUT2D eigenvalue weighted by Crippen LogP contribution is 2.23. The summed E-state index contributed by atoms with van der Waals surface area (Å²) in [4.78, 5) is 44.0. The van der Waals surface area contributed by atoms with Crippen molar-refractivity contribution < 1.29 is 14.8 Å². The van der Waals surface area contributed by atoms with Gasteiger partial charge in [0, 0.05) is 32.3 Å². The van der Waals surface area contributed by atoms with Gasteiger partial charge in [-0.2, -0.15) is 4.98 Å². The van der Waals surface area contributed by atoms with Crippen LogP contribution in [0.4, 0.5) is 11.6 Å². The van der Waals surface area contributed by atoms with Crippen molar-refractivity contribution in [3.63, 3.8) is 0 Å². The number of nitro benzene ring substituents is 1. The lowest BCUT2D eigenvalue weighted by Crippen LogP contribution is -2.32. The number of non-ortho nitro benzene ring substituents is 1. The number of benzene rings is 1. The lowest BCUT2D eigenvalue weighted by Gasteiger charge is -2.23. The third kappa shape index (κ3) is 4.75. The molecule has 1 aliphatic heterocycles. The molecular formula is C21H26N6O6. The molecule has 1 saturated heterocycles. The molecule has 4 rings (SSSR count). The minimum Gasteiger partial charge on any atom is -0.491 e. The summed E-state index contributed by atoms with van der Waals surface area (Å²) >= 11 is 0. The Morgan fingerprint density at radius 2 is 1.85 bits per heavy atom. The number of ether oxygens (including phenoxy) is 1. The van der Waals surface area contributed by atoms with Gasteiger partial charge in [0.2, 0.25) is 5.95 Å². The van der Waals surface area contributed by atoms with Crippen LogP contribution in [-0.4, -0.2) is 54.9 Å². The molecule has 12 nitrogen and oxygen atoms in total. The summed E-state index contributed by atoms with van der Waals surface area (Å²) in [7, 11) is 1.54. The van der Waals surface area contributed by atoms with Gasteiger partial charge in [0.05, 0.1) is 11.5 Å². The third-order valence-corrected chi connectivity index (χ3v) is 5.76. The number of aliphatic hydroxyl groups excluding tert-OH is 1. The monoisotopic (exact) mass is 458 g/mol. The lowest BCUT2D eigenvalue weighted by molar-refractivity contribution is -0.384. The zero-order valence-corrected chi connectivity index (χ0v) is 18.3. The molecule has 0 spiro atoms. The number of fused-ring (bicyclic) bond motifs is 1. The fourth-order valence-corrected chi connectivity index (χ4v) is 4.03. The number of H-pyrrole nitrogens is 1. The van der Waals surface area contributed by atoms with Gasteiger partial charge in [-0.3, -0.25) is 24.5 Å². The first kappa shape index (κ1) is 22.5. The number of nitrogens with zero attached hydrogens (tertiary/aromatic N) is 5. The van der Waals surface area contributed by atoms with Crippen LogP contribution in [0.25, 0.3) is 11.2 Å². The zero-order valence-electron chi connectivity index (χ0n) is 18.3. The summed E-state index contributed by atoms with van der Waals surface area (Å²) in [6, 6.07) is 5.56. The first-order chi connectivity index (χ1) is 15.8. The molecule has 33 heavy (non-hydrogen) atoms. The summed E-state index contributed by atoms with van der Waals surface area (Å²) in [5, 5.41) is 21.5. The Morgan fingerprint density at radius 3 is 2.48 bits per heavy atom. The van der Waals surface area contributed by atoms with E-state index in [4.69, 9.17) is 4.74 Å². The van der Waals surface area contributed by atoms with E-state index < -0.39 is 22.3 Å². The molecule has 3 heterocycles. The minimum atomic E-state index is -1.00. The lowest BCUT2D eigenvalue weighted by atomic mass is 10.2. The largest absolute Gasteiger partial charge is 0.491 e. The van der Waals surface area contributed by atoms with Gasteiger partial charge in [-0.1, -0.05) is 12.8 Å². The van der Waals surface area contributed by atoms with Gasteiger partial charge in [0.15, 0.2) is 11.2 Å². The number of aliphatic hydroxyl groups is 1. The first-order valence-electron chi connectivity index (χ1n) is 10.8. The van der Waals surface area contributed by atoms with Gasteiger partial charge >= 0.3 is 5.69 Å². The Kier molecular flexibility index (Phi) is 6.45. The molecule has 0 aliphatic carbocycles. The van der Waals surface area contributed by atoms with Gasteiger partial charge in [0.1, 0.15) is 18.5 Å². The van der Waals surface area contributed by atoms with E-state index in [0.29, 0.717) is 11.7 Å². The first-order valence-corrected chi connectivity index (χ1v) is 10.8. The summed E-state index contributed by atoms with van der Waals surface area (Å²) in [6.07, 6.45) is 3.21. The SMILES string of the molecule is Cn1c(=O)[nH]c(=O)c2c1nc(N1CCCCCC1)n2C[C@H](O)COc1ccc([N+](=O)[O-])cc1. The van der Waals surface area contributed by atoms with Gasteiger partial charge in [-0.05, 0) is 25.0 Å². The summed E-state index contributed by atoms with van der Waals surface area (Å²) in [5.74, 6) is 0.913. The smallest absolute Gasteiger partial charge is 0.329 e. The van der Waals surface area contributed by atoms with E-state index in [1.54, 1.807) is 4.57 Å². The fraction of sp³-hybridized carbons (Fsp3) is 0.476. The molecule has 1 aliphatic rings. The third-order valence-electron chi connectivity index (χ3n) is 5.76. The average Bonchev–Trinajstić information content (AvgIpc) is 2.96. The Hall–Kier alpha value is -3.67. The molecule has 0 unspecified atom stereocenters. The predicted octanol–water partition coefficient (Wildman–Crippen LogP) is 1.15. The van der Waals surface area contributed by atoms with Crippen LogP contribution in [0.15, 0.2) is 33.9 Å². The normalized spacial score (nSPS) is 15.4. The second-order valence-corrected chi connectivity index (χ2v) is 8.13. The van der Waals surface area contributed by atoms with Crippen LogP contribution in [0.2, 0.25) is 0 Å². The number of aromatic nitrogens is 4. The number of imidazole rings is 1. The number of nitro groups is 1. The van der Waals surface area contributed by atoms with Gasteiger partial charge < -0.3 is 19.3 Å². The topological polar surface area (TPSA) is 149 Å². The Labute approximate surface area is 188 Å². The second kappa shape index (κ2) is 9.45. The molecule has 2 aromatic heterocycles. The minimum absolute atomic E-state index is 0.0244. The zero-order chi connectivity index (χ0) is 23.5. The number of nitrogens with one attached hydrogen (secondary N) is 1. The molecule has 1 fully saturated rings. The quantitative estimate of drug-likeness (QED) is 0.396. The van der Waals surface area contributed by atoms with Crippen molar-refractivity contribution in [2.45, 2.75) is 38.3 Å². The van der Waals surface area contributed by atoms with Crippen LogP contribution in [0, 0.1) is 10.1 Å². The van der Waals surface area contributed by atoms with E-state index in [0.717, 1.165) is 38.8 Å². The van der Waals surface area contributed by atoms with Crippen LogP contribution in [0.3, 0.4) is 0 Å². The van der Waals surface area contributed by atoms with E-state index in [1.165, 1.54) is 35.9 Å². The molecule has 0 radical (unpaired) electrons. The number of hydrogen-bond acceptors (Lipinski definition) is 8. The van der Waals surface area contributed by atoms with Crippen LogP contribution in [-0.2, 0) is 13.6 Å². The van der Waals surface area contributed by atoms with Crippen LogP contribution < -0.4 is 20.9 Å². The summed E-state index contributed by atoms with van der Waals surface area (Å²) in [5.41, 5.74) is -0.705. The van der Waals surface area contributed by atoms with Crippen molar-refractivity contribution in [3.8, 4) is 5.75 Å². The van der Waals surface area contributed by atoms with E-state index in [2.05, 4.69) is 14.9 Å². The fourth-order valence-electron chi connectivity index (χ4n) is 4.03. The van der Waals surface area contributed by atoms with Crippen molar-refractivity contribution in [2.24, 2.45) is 7.05 Å². The van der Waals surface area contributed by atoms with Gasteiger partial charge in [0.25, 0.3) is 11.2 Å². The highest BCUT2D eigenvalue weighted by Gasteiger charge is 2.24. The van der Waals surface area contributed by atoms with Crippen molar-refractivity contribution in [1.29, 1.82) is 0 Å². The molecule has 12 heteroatoms. The van der Waals surface area contributed by atoms with Crippen molar-refractivity contribution in [3.05, 3.63) is 55.2 Å². The molecule has 0 bridgehead atoms. The molecule has 1 aromatic carbocycles. The molecule has 0 amide bonds. The number of aromatic amines is 1. The highest BCUT2D eigenvalue weighted by molar-refractivity contribution is 5.74. The second-order valence-electron chi connectivity index (χ2n) is 8.13. The predicted molar refractivity (Wildman–Crippen MR) is 121 cm³/mol. The van der Waals surface area contributed by atoms with Crippen molar-refractivity contribution >= 4 is 22.8 Å². The van der Waals surface area contributed by atoms with Gasteiger partial charge in [-0.25, -0.2) is 4.79 Å². The number of aryl methyl sites for hydroxylation is 1. The maximum atomic E-state index is 12.7. The molecule has 176 valence electrons. The average molecular weight is 458 g/mol. The highest BCUT2D eigenvalue weighted by atomic mass is 16.6. The summed E-state index contributed by atoms with van der Waals surface area (Å²) in [6.45, 7) is 1.46. The van der Waals surface area contributed by atoms with Crippen LogP contribution >= 0.6 is 0 Å².